The second kappa shape index (κ2) is 6.08. The summed E-state index contributed by atoms with van der Waals surface area (Å²) in [4.78, 5) is 28.6. The van der Waals surface area contributed by atoms with E-state index in [9.17, 15) is 9.59 Å². The molecule has 118 valence electrons. The van der Waals surface area contributed by atoms with Crippen molar-refractivity contribution >= 4 is 16.9 Å². The lowest BCUT2D eigenvalue weighted by molar-refractivity contribution is -0.122. The van der Waals surface area contributed by atoms with Crippen molar-refractivity contribution in [2.24, 2.45) is 7.05 Å². The summed E-state index contributed by atoms with van der Waals surface area (Å²) >= 11 is 0. The monoisotopic (exact) mass is 310 g/mol. The van der Waals surface area contributed by atoms with Gasteiger partial charge in [0.1, 0.15) is 6.54 Å². The third-order valence-electron chi connectivity index (χ3n) is 3.94. The van der Waals surface area contributed by atoms with Gasteiger partial charge in [0.15, 0.2) is 0 Å². The van der Waals surface area contributed by atoms with Gasteiger partial charge in [-0.2, -0.15) is 0 Å². The lowest BCUT2D eigenvalue weighted by Gasteiger charge is -2.14. The molecule has 0 radical (unpaired) electrons. The molecule has 1 amide bonds. The van der Waals surface area contributed by atoms with Crippen molar-refractivity contribution in [3.8, 4) is 0 Å². The number of hydrogen-bond donors (Lipinski definition) is 1. The minimum Gasteiger partial charge on any atom is -0.348 e. The van der Waals surface area contributed by atoms with Crippen LogP contribution in [0.1, 0.15) is 18.5 Å². The van der Waals surface area contributed by atoms with Crippen LogP contribution in [0, 0.1) is 0 Å². The van der Waals surface area contributed by atoms with Crippen LogP contribution in [0.2, 0.25) is 0 Å². The molecule has 0 saturated carbocycles. The molecule has 23 heavy (non-hydrogen) atoms. The first kappa shape index (κ1) is 15.0. The van der Waals surface area contributed by atoms with E-state index in [0.29, 0.717) is 0 Å². The molecule has 6 nitrogen and oxygen atoms in total. The van der Waals surface area contributed by atoms with E-state index in [0.717, 1.165) is 16.6 Å². The van der Waals surface area contributed by atoms with Crippen molar-refractivity contribution in [2.75, 3.05) is 0 Å². The largest absolute Gasteiger partial charge is 0.348 e. The Balaban J connectivity index is 1.81. The number of carbonyl (C=O) groups is 1. The van der Waals surface area contributed by atoms with Crippen molar-refractivity contribution < 1.29 is 4.79 Å². The maximum atomic E-state index is 12.3. The van der Waals surface area contributed by atoms with E-state index in [-0.39, 0.29) is 24.2 Å². The molecule has 0 bridgehead atoms. The Morgan fingerprint density at radius 3 is 2.52 bits per heavy atom. The predicted molar refractivity (Wildman–Crippen MR) is 88.0 cm³/mol. The number of hydrogen-bond acceptors (Lipinski definition) is 3. The quantitative estimate of drug-likeness (QED) is 0.796. The third-order valence-corrected chi connectivity index (χ3v) is 3.94. The van der Waals surface area contributed by atoms with Crippen LogP contribution in [-0.4, -0.2) is 20.0 Å². The fourth-order valence-electron chi connectivity index (χ4n) is 2.68. The summed E-state index contributed by atoms with van der Waals surface area (Å²) in [7, 11) is 1.71. The normalized spacial score (nSPS) is 12.3. The van der Waals surface area contributed by atoms with Crippen molar-refractivity contribution in [3.63, 3.8) is 0 Å². The van der Waals surface area contributed by atoms with E-state index >= 15 is 0 Å². The summed E-state index contributed by atoms with van der Waals surface area (Å²) in [6.45, 7) is 1.90. The van der Waals surface area contributed by atoms with Crippen LogP contribution in [0.15, 0.2) is 53.6 Å². The van der Waals surface area contributed by atoms with Gasteiger partial charge in [0.25, 0.3) is 0 Å². The van der Waals surface area contributed by atoms with Gasteiger partial charge in [-0.1, -0.05) is 12.1 Å². The van der Waals surface area contributed by atoms with Gasteiger partial charge in [-0.25, -0.2) is 4.79 Å². The van der Waals surface area contributed by atoms with Gasteiger partial charge < -0.3 is 5.32 Å². The minimum absolute atomic E-state index is 0.00435. The molecule has 0 saturated heterocycles. The molecular weight excluding hydrogens is 292 g/mol. The van der Waals surface area contributed by atoms with Gasteiger partial charge in [-0.15, -0.1) is 0 Å². The molecule has 6 heteroatoms. The lowest BCUT2D eigenvalue weighted by Crippen LogP contribution is -2.34. The summed E-state index contributed by atoms with van der Waals surface area (Å²) < 4.78 is 3.04. The van der Waals surface area contributed by atoms with Crippen LogP contribution in [-0.2, 0) is 18.4 Å². The summed E-state index contributed by atoms with van der Waals surface area (Å²) in [6, 6.07) is 11.0. The number of aryl methyl sites for hydroxylation is 1. The number of pyridine rings is 1. The summed E-state index contributed by atoms with van der Waals surface area (Å²) in [5.41, 5.74) is 2.34. The highest BCUT2D eigenvalue weighted by Gasteiger charge is 2.15. The Morgan fingerprint density at radius 1 is 1.17 bits per heavy atom. The van der Waals surface area contributed by atoms with E-state index in [2.05, 4.69) is 10.3 Å². The topological polar surface area (TPSA) is 68.9 Å². The molecule has 2 heterocycles. The van der Waals surface area contributed by atoms with Crippen molar-refractivity contribution in [1.82, 2.24) is 19.4 Å². The Bertz CT molecular complexity index is 896. The first-order valence-electron chi connectivity index (χ1n) is 7.41. The first-order valence-corrected chi connectivity index (χ1v) is 7.41. The third kappa shape index (κ3) is 2.88. The highest BCUT2D eigenvalue weighted by Crippen LogP contribution is 2.12. The van der Waals surface area contributed by atoms with Crippen LogP contribution in [0.4, 0.5) is 0 Å². The van der Waals surface area contributed by atoms with E-state index in [1.54, 1.807) is 24.0 Å². The Kier molecular flexibility index (Phi) is 3.97. The number of para-hydroxylation sites is 2. The first-order chi connectivity index (χ1) is 11.1. The molecule has 0 aliphatic heterocycles. The van der Waals surface area contributed by atoms with Gasteiger partial charge in [0.2, 0.25) is 5.91 Å². The molecule has 0 aliphatic carbocycles. The number of aromatic nitrogens is 3. The average molecular weight is 310 g/mol. The highest BCUT2D eigenvalue weighted by atomic mass is 16.2. The molecule has 0 aliphatic rings. The summed E-state index contributed by atoms with van der Waals surface area (Å²) in [5.74, 6) is -0.201. The smallest absolute Gasteiger partial charge is 0.329 e. The second-order valence-electron chi connectivity index (χ2n) is 5.49. The van der Waals surface area contributed by atoms with E-state index < -0.39 is 0 Å². The maximum Gasteiger partial charge on any atom is 0.329 e. The number of benzene rings is 1. The predicted octanol–water partition coefficient (Wildman–Crippen LogP) is 1.61. The van der Waals surface area contributed by atoms with Crippen LogP contribution in [0.25, 0.3) is 11.0 Å². The van der Waals surface area contributed by atoms with Crippen LogP contribution < -0.4 is 11.0 Å². The number of imidazole rings is 1. The molecule has 0 fully saturated rings. The average Bonchev–Trinajstić information content (AvgIpc) is 2.81. The number of nitrogens with one attached hydrogen (secondary N) is 1. The minimum atomic E-state index is -0.201. The molecule has 1 N–H and O–H groups in total. The molecule has 2 aromatic heterocycles. The van der Waals surface area contributed by atoms with Gasteiger partial charge in [-0.3, -0.25) is 18.9 Å². The molecular formula is C17H18N4O2. The van der Waals surface area contributed by atoms with Gasteiger partial charge >= 0.3 is 5.69 Å². The van der Waals surface area contributed by atoms with Gasteiger partial charge in [0.05, 0.1) is 17.1 Å². The van der Waals surface area contributed by atoms with Gasteiger partial charge in [0, 0.05) is 19.4 Å². The zero-order valence-electron chi connectivity index (χ0n) is 13.1. The second-order valence-corrected chi connectivity index (χ2v) is 5.49. The summed E-state index contributed by atoms with van der Waals surface area (Å²) in [6.07, 6.45) is 3.38. The Labute approximate surface area is 133 Å². The summed E-state index contributed by atoms with van der Waals surface area (Å²) in [5, 5.41) is 2.91. The molecule has 0 unspecified atom stereocenters. The Hall–Kier alpha value is -2.89. The number of nitrogens with zero attached hydrogens (tertiary/aromatic N) is 3. The highest BCUT2D eigenvalue weighted by molar-refractivity contribution is 5.81. The van der Waals surface area contributed by atoms with Crippen LogP contribution in [0.5, 0.6) is 0 Å². The van der Waals surface area contributed by atoms with Gasteiger partial charge in [-0.05, 0) is 36.8 Å². The SMILES string of the molecule is C[C@H](NC(=O)Cn1c(=O)n(C)c2ccccc21)c1ccncc1. The Morgan fingerprint density at radius 2 is 1.83 bits per heavy atom. The van der Waals surface area contributed by atoms with Crippen LogP contribution in [0.3, 0.4) is 0 Å². The molecule has 1 atom stereocenters. The standard InChI is InChI=1S/C17H18N4O2/c1-12(13-7-9-18-10-8-13)19-16(22)11-21-15-6-4-3-5-14(15)20(2)17(21)23/h3-10,12H,11H2,1-2H3,(H,19,22)/t12-/m0/s1. The van der Waals surface area contributed by atoms with E-state index in [4.69, 9.17) is 0 Å². The molecule has 3 aromatic rings. The maximum absolute atomic E-state index is 12.3. The zero-order valence-corrected chi connectivity index (χ0v) is 13.1. The molecule has 0 spiro atoms. The fraction of sp³-hybridized carbons (Fsp3) is 0.235. The van der Waals surface area contributed by atoms with Crippen molar-refractivity contribution in [3.05, 3.63) is 64.8 Å². The van der Waals surface area contributed by atoms with Crippen molar-refractivity contribution in [1.29, 1.82) is 0 Å². The number of amides is 1. The molecule has 1 aromatic carbocycles. The van der Waals surface area contributed by atoms with E-state index in [1.165, 1.54) is 4.57 Å². The number of carbonyl (C=O) groups excluding carboxylic acids is 1. The number of rotatable bonds is 4. The lowest BCUT2D eigenvalue weighted by atomic mass is 10.1. The van der Waals surface area contributed by atoms with E-state index in [1.807, 2.05) is 43.3 Å². The van der Waals surface area contributed by atoms with Crippen LogP contribution >= 0.6 is 0 Å². The fourth-order valence-corrected chi connectivity index (χ4v) is 2.68. The molecule has 3 rings (SSSR count). The number of fused-ring (bicyclic) bond motifs is 1. The zero-order chi connectivity index (χ0) is 16.4. The van der Waals surface area contributed by atoms with Crippen molar-refractivity contribution in [2.45, 2.75) is 19.5 Å².